The molecule has 0 aromatic carbocycles. The van der Waals surface area contributed by atoms with Crippen LogP contribution in [0.4, 0.5) is 11.9 Å². The number of nitrogens with one attached hydrogen (secondary N) is 2. The van der Waals surface area contributed by atoms with Crippen LogP contribution in [-0.2, 0) is 0 Å². The average Bonchev–Trinajstić information content (AvgIpc) is 2.89. The quantitative estimate of drug-likeness (QED) is 0.853. The molecule has 19 heavy (non-hydrogen) atoms. The number of hydrogen-bond acceptors (Lipinski definition) is 6. The van der Waals surface area contributed by atoms with Crippen LogP contribution in [0.25, 0.3) is 0 Å². The van der Waals surface area contributed by atoms with Gasteiger partial charge in [-0.1, -0.05) is 13.0 Å². The van der Waals surface area contributed by atoms with Gasteiger partial charge in [0.25, 0.3) is 0 Å². The third kappa shape index (κ3) is 3.78. The van der Waals surface area contributed by atoms with Crippen molar-refractivity contribution in [1.82, 2.24) is 15.0 Å². The lowest BCUT2D eigenvalue weighted by Crippen LogP contribution is -2.13. The summed E-state index contributed by atoms with van der Waals surface area (Å²) >= 11 is 7.61. The van der Waals surface area contributed by atoms with Gasteiger partial charge in [-0.3, -0.25) is 0 Å². The lowest BCUT2D eigenvalue weighted by molar-refractivity contribution is 0.750. The molecule has 0 aliphatic heterocycles. The number of rotatable bonds is 6. The number of aromatic nitrogens is 3. The van der Waals surface area contributed by atoms with Gasteiger partial charge in [-0.25, -0.2) is 0 Å². The fraction of sp³-hybridized carbons (Fsp3) is 0.417. The highest BCUT2D eigenvalue weighted by Gasteiger charge is 2.13. The first-order chi connectivity index (χ1) is 9.22. The maximum absolute atomic E-state index is 5.90. The first-order valence-corrected chi connectivity index (χ1v) is 7.44. The largest absolute Gasteiger partial charge is 0.354 e. The molecule has 0 bridgehead atoms. The van der Waals surface area contributed by atoms with Crippen molar-refractivity contribution >= 4 is 34.8 Å². The summed E-state index contributed by atoms with van der Waals surface area (Å²) in [4.78, 5) is 13.7. The number of thiophene rings is 1. The summed E-state index contributed by atoms with van der Waals surface area (Å²) in [6.07, 6.45) is 0.945. The van der Waals surface area contributed by atoms with Crippen LogP contribution >= 0.6 is 22.9 Å². The Bertz CT molecular complexity index is 517. The van der Waals surface area contributed by atoms with E-state index in [9.17, 15) is 0 Å². The molecule has 102 valence electrons. The molecule has 2 aromatic heterocycles. The highest BCUT2D eigenvalue weighted by atomic mass is 35.5. The lowest BCUT2D eigenvalue weighted by Gasteiger charge is -2.15. The number of anilines is 2. The molecule has 0 aliphatic carbocycles. The van der Waals surface area contributed by atoms with Crippen molar-refractivity contribution in [3.63, 3.8) is 0 Å². The minimum absolute atomic E-state index is 0.188. The van der Waals surface area contributed by atoms with Crippen LogP contribution in [0, 0.1) is 0 Å². The van der Waals surface area contributed by atoms with Gasteiger partial charge in [0.05, 0.1) is 6.04 Å². The first-order valence-electron chi connectivity index (χ1n) is 6.18. The van der Waals surface area contributed by atoms with Crippen molar-refractivity contribution in [3.8, 4) is 0 Å². The molecule has 7 heteroatoms. The molecule has 0 radical (unpaired) electrons. The summed E-state index contributed by atoms with van der Waals surface area (Å²) in [6, 6.07) is 4.32. The molecule has 1 unspecified atom stereocenters. The zero-order valence-corrected chi connectivity index (χ0v) is 12.4. The van der Waals surface area contributed by atoms with Crippen LogP contribution in [-0.4, -0.2) is 21.5 Å². The topological polar surface area (TPSA) is 62.7 Å². The van der Waals surface area contributed by atoms with Gasteiger partial charge in [-0.2, -0.15) is 15.0 Å². The van der Waals surface area contributed by atoms with E-state index in [2.05, 4.69) is 44.0 Å². The monoisotopic (exact) mass is 297 g/mol. The Hall–Kier alpha value is -1.40. The van der Waals surface area contributed by atoms with Crippen molar-refractivity contribution in [2.75, 3.05) is 17.2 Å². The number of hydrogen-bond donors (Lipinski definition) is 2. The fourth-order valence-corrected chi connectivity index (χ4v) is 2.69. The molecule has 2 rings (SSSR count). The molecule has 2 aromatic rings. The van der Waals surface area contributed by atoms with Crippen LogP contribution in [0.5, 0.6) is 0 Å². The third-order valence-corrected chi connectivity index (χ3v) is 3.70. The molecule has 5 nitrogen and oxygen atoms in total. The Morgan fingerprint density at radius 1 is 1.26 bits per heavy atom. The second kappa shape index (κ2) is 6.68. The van der Waals surface area contributed by atoms with Gasteiger partial charge in [0.1, 0.15) is 0 Å². The number of halogens is 1. The summed E-state index contributed by atoms with van der Waals surface area (Å²) in [7, 11) is 0. The summed E-state index contributed by atoms with van der Waals surface area (Å²) < 4.78 is 0. The van der Waals surface area contributed by atoms with E-state index in [1.165, 1.54) is 4.88 Å². The zero-order valence-electron chi connectivity index (χ0n) is 10.9. The van der Waals surface area contributed by atoms with E-state index >= 15 is 0 Å². The van der Waals surface area contributed by atoms with Gasteiger partial charge in [0.2, 0.25) is 17.2 Å². The Labute approximate surface area is 121 Å². The molecule has 0 saturated heterocycles. The standard InChI is InChI=1S/C12H16ClN5S/c1-3-8(9-6-5-7-19-9)15-12-17-10(13)16-11(18-12)14-4-2/h5-8H,3-4H2,1-2H3,(H2,14,15,16,17,18). The normalized spacial score (nSPS) is 12.2. The van der Waals surface area contributed by atoms with Crippen molar-refractivity contribution < 1.29 is 0 Å². The summed E-state index contributed by atoms with van der Waals surface area (Å²) in [5.41, 5.74) is 0. The second-order valence-corrected chi connectivity index (χ2v) is 5.22. The molecular formula is C12H16ClN5S. The van der Waals surface area contributed by atoms with E-state index in [1.54, 1.807) is 11.3 Å². The van der Waals surface area contributed by atoms with Crippen molar-refractivity contribution in [1.29, 1.82) is 0 Å². The minimum atomic E-state index is 0.188. The Balaban J connectivity index is 2.17. The molecule has 0 spiro atoms. The van der Waals surface area contributed by atoms with E-state index in [-0.39, 0.29) is 11.3 Å². The van der Waals surface area contributed by atoms with E-state index in [0.717, 1.165) is 13.0 Å². The summed E-state index contributed by atoms with van der Waals surface area (Å²) in [6.45, 7) is 4.83. The van der Waals surface area contributed by atoms with E-state index in [1.807, 2.05) is 13.0 Å². The zero-order chi connectivity index (χ0) is 13.7. The highest BCUT2D eigenvalue weighted by Crippen LogP contribution is 2.25. The van der Waals surface area contributed by atoms with E-state index < -0.39 is 0 Å². The van der Waals surface area contributed by atoms with Crippen LogP contribution < -0.4 is 10.6 Å². The highest BCUT2D eigenvalue weighted by molar-refractivity contribution is 7.10. The maximum Gasteiger partial charge on any atom is 0.229 e. The van der Waals surface area contributed by atoms with Crippen molar-refractivity contribution in [2.24, 2.45) is 0 Å². The Kier molecular flexibility index (Phi) is 4.93. The van der Waals surface area contributed by atoms with Gasteiger partial charge in [-0.05, 0) is 36.4 Å². The minimum Gasteiger partial charge on any atom is -0.354 e. The van der Waals surface area contributed by atoms with Crippen LogP contribution in [0.1, 0.15) is 31.2 Å². The number of nitrogens with zero attached hydrogens (tertiary/aromatic N) is 3. The van der Waals surface area contributed by atoms with Gasteiger partial charge in [-0.15, -0.1) is 11.3 Å². The van der Waals surface area contributed by atoms with Gasteiger partial charge in [0, 0.05) is 11.4 Å². The molecule has 2 N–H and O–H groups in total. The first kappa shape index (κ1) is 14.0. The molecular weight excluding hydrogens is 282 g/mol. The van der Waals surface area contributed by atoms with E-state index in [4.69, 9.17) is 11.6 Å². The van der Waals surface area contributed by atoms with E-state index in [0.29, 0.717) is 11.9 Å². The van der Waals surface area contributed by atoms with Crippen LogP contribution in [0.15, 0.2) is 17.5 Å². The van der Waals surface area contributed by atoms with Gasteiger partial charge < -0.3 is 10.6 Å². The summed E-state index contributed by atoms with van der Waals surface area (Å²) in [5.74, 6) is 0.988. The Morgan fingerprint density at radius 3 is 2.68 bits per heavy atom. The maximum atomic E-state index is 5.90. The molecule has 0 saturated carbocycles. The predicted molar refractivity (Wildman–Crippen MR) is 80.0 cm³/mol. The molecule has 0 amide bonds. The van der Waals surface area contributed by atoms with Crippen LogP contribution in [0.2, 0.25) is 5.28 Å². The van der Waals surface area contributed by atoms with Crippen molar-refractivity contribution in [3.05, 3.63) is 27.7 Å². The average molecular weight is 298 g/mol. The smallest absolute Gasteiger partial charge is 0.229 e. The second-order valence-electron chi connectivity index (χ2n) is 3.90. The SMILES string of the molecule is CCNc1nc(Cl)nc(NC(CC)c2cccs2)n1. The van der Waals surface area contributed by atoms with Gasteiger partial charge >= 0.3 is 0 Å². The van der Waals surface area contributed by atoms with Crippen LogP contribution in [0.3, 0.4) is 0 Å². The molecule has 2 heterocycles. The third-order valence-electron chi connectivity index (χ3n) is 2.54. The molecule has 0 aliphatic rings. The summed E-state index contributed by atoms with van der Waals surface area (Å²) in [5, 5.41) is 8.57. The fourth-order valence-electron chi connectivity index (χ4n) is 1.67. The molecule has 0 fully saturated rings. The van der Waals surface area contributed by atoms with Crippen molar-refractivity contribution in [2.45, 2.75) is 26.3 Å². The van der Waals surface area contributed by atoms with Gasteiger partial charge in [0.15, 0.2) is 0 Å². The Morgan fingerprint density at radius 2 is 2.05 bits per heavy atom. The molecule has 1 atom stereocenters. The lowest BCUT2D eigenvalue weighted by atomic mass is 10.2. The predicted octanol–water partition coefficient (Wildman–Crippen LogP) is 3.58.